The summed E-state index contributed by atoms with van der Waals surface area (Å²) < 4.78 is 0. The fourth-order valence-electron chi connectivity index (χ4n) is 5.80. The Morgan fingerprint density at radius 3 is 2.68 bits per heavy atom. The second-order valence-corrected chi connectivity index (χ2v) is 11.7. The zero-order valence-electron chi connectivity index (χ0n) is 20.7. The highest BCUT2D eigenvalue weighted by molar-refractivity contribution is 7.99. The molecule has 4 rings (SSSR count). The van der Waals surface area contributed by atoms with Gasteiger partial charge < -0.3 is 20.9 Å². The largest absolute Gasteiger partial charge is 0.347 e. The second-order valence-electron chi connectivity index (χ2n) is 10.4. The maximum Gasteiger partial charge on any atom is 0.246 e. The van der Waals surface area contributed by atoms with E-state index in [1.165, 1.54) is 11.1 Å². The average molecular weight is 487 g/mol. The maximum absolute atomic E-state index is 13.8. The number of carbonyl (C=O) groups excluding carboxylic acids is 3. The Bertz CT molecular complexity index is 932. The normalized spacial score (nSPS) is 28.9. The molecule has 8 heteroatoms. The first kappa shape index (κ1) is 25.0. The lowest BCUT2D eigenvalue weighted by atomic mass is 9.83. The molecule has 2 heterocycles. The molecule has 7 nitrogen and oxygen atoms in total. The summed E-state index contributed by atoms with van der Waals surface area (Å²) in [5, 5.41) is 9.22. The van der Waals surface area contributed by atoms with E-state index in [9.17, 15) is 14.4 Å². The molecule has 2 saturated heterocycles. The molecule has 1 aromatic rings. The van der Waals surface area contributed by atoms with Crippen molar-refractivity contribution in [1.82, 2.24) is 20.9 Å². The lowest BCUT2D eigenvalue weighted by molar-refractivity contribution is -0.144. The molecular weight excluding hydrogens is 448 g/mol. The highest BCUT2D eigenvalue weighted by Gasteiger charge is 2.54. The summed E-state index contributed by atoms with van der Waals surface area (Å²) >= 11 is 1.73. The molecule has 1 aliphatic carbocycles. The molecule has 3 aliphatic rings. The van der Waals surface area contributed by atoms with E-state index < -0.39 is 12.1 Å². The number of hydrogen-bond acceptors (Lipinski definition) is 5. The molecule has 34 heavy (non-hydrogen) atoms. The highest BCUT2D eigenvalue weighted by Crippen LogP contribution is 2.46. The molecule has 0 unspecified atom stereocenters. The van der Waals surface area contributed by atoms with Crippen LogP contribution >= 0.6 is 11.8 Å². The summed E-state index contributed by atoms with van der Waals surface area (Å²) in [5.41, 5.74) is 2.13. The number of fused-ring (bicyclic) bond motifs is 2. The summed E-state index contributed by atoms with van der Waals surface area (Å²) in [6.07, 6.45) is 4.96. The van der Waals surface area contributed by atoms with Crippen molar-refractivity contribution in [3.05, 3.63) is 35.4 Å². The average Bonchev–Trinajstić information content (AvgIpc) is 3.00. The van der Waals surface area contributed by atoms with E-state index in [2.05, 4.69) is 41.9 Å². The number of aryl methyl sites for hydroxylation is 1. The Morgan fingerprint density at radius 1 is 1.18 bits per heavy atom. The number of benzene rings is 1. The number of carbonyl (C=O) groups is 3. The Balaban J connectivity index is 1.55. The zero-order chi connectivity index (χ0) is 24.5. The van der Waals surface area contributed by atoms with Gasteiger partial charge in [-0.1, -0.05) is 45.0 Å². The van der Waals surface area contributed by atoms with Crippen molar-refractivity contribution in [3.63, 3.8) is 0 Å². The zero-order valence-corrected chi connectivity index (χ0v) is 21.5. The van der Waals surface area contributed by atoms with E-state index in [0.717, 1.165) is 31.4 Å². The highest BCUT2D eigenvalue weighted by atomic mass is 32.2. The van der Waals surface area contributed by atoms with E-state index in [4.69, 9.17) is 0 Å². The summed E-state index contributed by atoms with van der Waals surface area (Å²) in [7, 11) is 1.75. The Morgan fingerprint density at radius 2 is 1.94 bits per heavy atom. The molecule has 3 amide bonds. The molecule has 5 atom stereocenters. The number of likely N-dealkylation sites (N-methyl/N-ethyl adjacent to an activating group) is 1. The molecule has 0 saturated carbocycles. The Labute approximate surface area is 207 Å². The molecule has 186 valence electrons. The van der Waals surface area contributed by atoms with Gasteiger partial charge in [0.2, 0.25) is 17.7 Å². The fourth-order valence-corrected chi connectivity index (χ4v) is 7.38. The minimum atomic E-state index is -0.605. The van der Waals surface area contributed by atoms with Crippen LogP contribution in [0.1, 0.15) is 70.0 Å². The van der Waals surface area contributed by atoms with Crippen molar-refractivity contribution in [3.8, 4) is 0 Å². The van der Waals surface area contributed by atoms with Gasteiger partial charge in [-0.05, 0) is 67.9 Å². The minimum Gasteiger partial charge on any atom is -0.347 e. The number of nitrogens with one attached hydrogen (secondary N) is 3. The quantitative estimate of drug-likeness (QED) is 0.575. The lowest BCUT2D eigenvalue weighted by Crippen LogP contribution is -2.58. The van der Waals surface area contributed by atoms with Crippen LogP contribution in [0.25, 0.3) is 0 Å². The van der Waals surface area contributed by atoms with Crippen LogP contribution in [0.3, 0.4) is 0 Å². The smallest absolute Gasteiger partial charge is 0.246 e. The molecular formula is C26H38N4O3S. The first-order valence-corrected chi connectivity index (χ1v) is 13.6. The third-order valence-corrected chi connectivity index (χ3v) is 8.87. The van der Waals surface area contributed by atoms with Gasteiger partial charge in [0.25, 0.3) is 0 Å². The monoisotopic (exact) mass is 486 g/mol. The molecule has 3 N–H and O–H groups in total. The summed E-state index contributed by atoms with van der Waals surface area (Å²) in [4.78, 5) is 42.0. The SMILES string of the molecule is CC[C@H](NC)C(=O)N[C@H]1CCS[C@H]2CC(C)(C)[C@@H](C(=O)N[C@@H]3CCCc4ccccc43)N2C1=O. The first-order valence-electron chi connectivity index (χ1n) is 12.6. The topological polar surface area (TPSA) is 90.5 Å². The van der Waals surface area contributed by atoms with Crippen molar-refractivity contribution in [1.29, 1.82) is 0 Å². The third-order valence-electron chi connectivity index (χ3n) is 7.62. The summed E-state index contributed by atoms with van der Waals surface area (Å²) in [6, 6.07) is 6.79. The first-order chi connectivity index (χ1) is 16.3. The summed E-state index contributed by atoms with van der Waals surface area (Å²) in [5.74, 6) is 0.389. The van der Waals surface area contributed by atoms with E-state index >= 15 is 0 Å². The number of rotatable bonds is 6. The van der Waals surface area contributed by atoms with Gasteiger partial charge in [-0.25, -0.2) is 0 Å². The van der Waals surface area contributed by atoms with Crippen LogP contribution in [0, 0.1) is 5.41 Å². The molecule has 0 aromatic heterocycles. The van der Waals surface area contributed by atoms with Crippen molar-refractivity contribution in [2.24, 2.45) is 5.41 Å². The van der Waals surface area contributed by atoms with Gasteiger partial charge in [-0.2, -0.15) is 0 Å². The van der Waals surface area contributed by atoms with E-state index in [1.54, 1.807) is 23.7 Å². The molecule has 0 spiro atoms. The van der Waals surface area contributed by atoms with Crippen molar-refractivity contribution in [2.45, 2.75) is 88.8 Å². The van der Waals surface area contributed by atoms with Crippen LogP contribution in [0.15, 0.2) is 24.3 Å². The van der Waals surface area contributed by atoms with Gasteiger partial charge in [-0.15, -0.1) is 11.8 Å². The lowest BCUT2D eigenvalue weighted by Gasteiger charge is -2.36. The van der Waals surface area contributed by atoms with Gasteiger partial charge >= 0.3 is 0 Å². The molecule has 1 aromatic carbocycles. The minimum absolute atomic E-state index is 0.0292. The van der Waals surface area contributed by atoms with E-state index in [-0.39, 0.29) is 40.6 Å². The standard InChI is InChI=1S/C26H38N4O3S/c1-5-18(27-4)23(31)29-20-13-14-34-21-15-26(2,3)22(30(21)25(20)33)24(32)28-19-12-8-10-16-9-6-7-11-17(16)19/h6-7,9,11,18-22,27H,5,8,10,12-15H2,1-4H3,(H,28,32)(H,29,31)/t18-,19+,20-,21-,22+/m0/s1. The van der Waals surface area contributed by atoms with Gasteiger partial charge in [-0.3, -0.25) is 14.4 Å². The van der Waals surface area contributed by atoms with E-state index in [1.807, 2.05) is 19.1 Å². The van der Waals surface area contributed by atoms with Gasteiger partial charge in [0.1, 0.15) is 12.1 Å². The van der Waals surface area contributed by atoms with Crippen LogP contribution in [-0.2, 0) is 20.8 Å². The third kappa shape index (κ3) is 4.85. The predicted molar refractivity (Wildman–Crippen MR) is 135 cm³/mol. The fraction of sp³-hybridized carbons (Fsp3) is 0.654. The van der Waals surface area contributed by atoms with Gasteiger partial charge in [0.15, 0.2) is 0 Å². The van der Waals surface area contributed by atoms with Crippen LogP contribution in [0.5, 0.6) is 0 Å². The number of thioether (sulfide) groups is 1. The number of hydrogen-bond donors (Lipinski definition) is 3. The molecule has 0 bridgehead atoms. The Kier molecular flexibility index (Phi) is 7.57. The second kappa shape index (κ2) is 10.3. The van der Waals surface area contributed by atoms with Gasteiger partial charge in [0, 0.05) is 0 Å². The van der Waals surface area contributed by atoms with E-state index in [0.29, 0.717) is 12.8 Å². The van der Waals surface area contributed by atoms with Crippen LogP contribution in [0.2, 0.25) is 0 Å². The van der Waals surface area contributed by atoms with Crippen LogP contribution in [0.4, 0.5) is 0 Å². The van der Waals surface area contributed by atoms with Crippen LogP contribution in [-0.4, -0.2) is 58.9 Å². The Hall–Kier alpha value is -2.06. The molecule has 0 radical (unpaired) electrons. The number of nitrogens with zero attached hydrogens (tertiary/aromatic N) is 1. The number of amides is 3. The van der Waals surface area contributed by atoms with Crippen LogP contribution < -0.4 is 16.0 Å². The molecule has 2 aliphatic heterocycles. The molecule has 2 fully saturated rings. The van der Waals surface area contributed by atoms with Gasteiger partial charge in [0.05, 0.1) is 17.5 Å². The predicted octanol–water partition coefficient (Wildman–Crippen LogP) is 2.75. The van der Waals surface area contributed by atoms with Crippen molar-refractivity contribution >= 4 is 29.5 Å². The summed E-state index contributed by atoms with van der Waals surface area (Å²) in [6.45, 7) is 6.10. The maximum atomic E-state index is 13.8. The van der Waals surface area contributed by atoms with Crippen molar-refractivity contribution in [2.75, 3.05) is 12.8 Å². The van der Waals surface area contributed by atoms with Crippen molar-refractivity contribution < 1.29 is 14.4 Å².